The van der Waals surface area contributed by atoms with Crippen molar-refractivity contribution in [2.45, 2.75) is 6.92 Å². The first-order chi connectivity index (χ1) is 14.3. The molecule has 0 aliphatic carbocycles. The lowest BCUT2D eigenvalue weighted by atomic mass is 10.2. The van der Waals surface area contributed by atoms with Crippen molar-refractivity contribution in [3.8, 4) is 5.75 Å². The number of aliphatic imine (C=N–C) groups is 1. The van der Waals surface area contributed by atoms with E-state index in [1.165, 1.54) is 23.8 Å². The minimum atomic E-state index is -0.422. The average molecular weight is 465 g/mol. The Morgan fingerprint density at radius 3 is 2.40 bits per heavy atom. The fourth-order valence-corrected chi connectivity index (χ4v) is 4.25. The second-order valence-corrected chi connectivity index (χ2v) is 7.98. The minimum absolute atomic E-state index is 0.189. The van der Waals surface area contributed by atoms with Gasteiger partial charge >= 0.3 is 5.97 Å². The number of benzene rings is 2. The summed E-state index contributed by atoms with van der Waals surface area (Å²) in [5.74, 6) is -0.191. The number of thioether (sulfide) groups is 1. The lowest BCUT2D eigenvalue weighted by Crippen LogP contribution is -2.23. The van der Waals surface area contributed by atoms with Crippen LogP contribution in [0.25, 0.3) is 6.08 Å². The number of hydrogen-bond donors (Lipinski definition) is 0. The lowest BCUT2D eigenvalue weighted by Gasteiger charge is -2.09. The summed E-state index contributed by atoms with van der Waals surface area (Å²) in [7, 11) is 2.97. The first-order valence-electron chi connectivity index (χ1n) is 8.90. The van der Waals surface area contributed by atoms with Crippen molar-refractivity contribution in [1.82, 2.24) is 4.90 Å². The zero-order valence-corrected chi connectivity index (χ0v) is 18.8. The highest BCUT2D eigenvalue weighted by molar-refractivity contribution is 8.18. The number of likely N-dealkylation sites (N-methyl/N-ethyl adjacent to an activating group) is 1. The fourth-order valence-electron chi connectivity index (χ4n) is 2.65. The highest BCUT2D eigenvalue weighted by atomic mass is 35.5. The van der Waals surface area contributed by atoms with Gasteiger partial charge in [0.15, 0.2) is 10.9 Å². The Kier molecular flexibility index (Phi) is 7.07. The molecule has 2 aromatic rings. The molecule has 6 nitrogen and oxygen atoms in total. The maximum Gasteiger partial charge on any atom is 0.337 e. The molecule has 30 heavy (non-hydrogen) atoms. The molecule has 0 unspecified atom stereocenters. The summed E-state index contributed by atoms with van der Waals surface area (Å²) in [6, 6.07) is 10.00. The topological polar surface area (TPSA) is 68.2 Å². The van der Waals surface area contributed by atoms with Gasteiger partial charge in [0.25, 0.3) is 5.91 Å². The molecule has 0 N–H and O–H groups in total. The Hall–Kier alpha value is -2.48. The molecule has 156 valence electrons. The summed E-state index contributed by atoms with van der Waals surface area (Å²) in [6.45, 7) is 2.29. The molecule has 0 spiro atoms. The lowest BCUT2D eigenvalue weighted by molar-refractivity contribution is -0.121. The van der Waals surface area contributed by atoms with Gasteiger partial charge in [-0.25, -0.2) is 9.79 Å². The summed E-state index contributed by atoms with van der Waals surface area (Å²) in [6.07, 6.45) is 1.71. The SMILES string of the molecule is CCOc1c(Cl)cc(/C=C2\SC(=Nc3ccc(C(=O)OC)cc3)N(C)C2=O)cc1Cl. The van der Waals surface area contributed by atoms with Gasteiger partial charge in [-0.2, -0.15) is 0 Å². The molecular formula is C21H18Cl2N2O4S. The van der Waals surface area contributed by atoms with E-state index in [0.29, 0.717) is 49.3 Å². The summed E-state index contributed by atoms with van der Waals surface area (Å²) < 4.78 is 10.1. The Morgan fingerprint density at radius 1 is 1.20 bits per heavy atom. The standard InChI is InChI=1S/C21H18Cl2N2O4S/c1-4-29-18-15(22)9-12(10-16(18)23)11-17-19(26)25(2)21(30-17)24-14-7-5-13(6-8-14)20(27)28-3/h5-11H,4H2,1-3H3/b17-11-,24-21?. The van der Waals surface area contributed by atoms with E-state index in [9.17, 15) is 9.59 Å². The number of hydrogen-bond acceptors (Lipinski definition) is 6. The van der Waals surface area contributed by atoms with E-state index >= 15 is 0 Å². The monoisotopic (exact) mass is 464 g/mol. The van der Waals surface area contributed by atoms with Gasteiger partial charge < -0.3 is 9.47 Å². The van der Waals surface area contributed by atoms with Crippen LogP contribution in [0.2, 0.25) is 10.0 Å². The quantitative estimate of drug-likeness (QED) is 0.436. The molecule has 2 aromatic carbocycles. The molecule has 1 aliphatic heterocycles. The van der Waals surface area contributed by atoms with E-state index in [0.717, 1.165) is 0 Å². The number of carbonyl (C=O) groups is 2. The first kappa shape index (κ1) is 22.2. The van der Waals surface area contributed by atoms with Crippen molar-refractivity contribution in [1.29, 1.82) is 0 Å². The Morgan fingerprint density at radius 2 is 1.83 bits per heavy atom. The van der Waals surface area contributed by atoms with Crippen LogP contribution >= 0.6 is 35.0 Å². The van der Waals surface area contributed by atoms with Gasteiger partial charge in [0.05, 0.1) is 39.9 Å². The fraction of sp³-hybridized carbons (Fsp3) is 0.190. The number of rotatable bonds is 5. The summed E-state index contributed by atoms with van der Waals surface area (Å²) in [4.78, 5) is 30.6. The van der Waals surface area contributed by atoms with Crippen LogP contribution in [0.4, 0.5) is 5.69 Å². The maximum atomic E-state index is 12.6. The van der Waals surface area contributed by atoms with E-state index < -0.39 is 5.97 Å². The zero-order chi connectivity index (χ0) is 21.8. The van der Waals surface area contributed by atoms with E-state index in [1.54, 1.807) is 49.5 Å². The molecule has 1 aliphatic rings. The van der Waals surface area contributed by atoms with Crippen molar-refractivity contribution < 1.29 is 19.1 Å². The van der Waals surface area contributed by atoms with Crippen LogP contribution in [0.3, 0.4) is 0 Å². The van der Waals surface area contributed by atoms with Crippen LogP contribution in [-0.2, 0) is 9.53 Å². The number of esters is 1. The van der Waals surface area contributed by atoms with Crippen molar-refractivity contribution >= 4 is 63.8 Å². The molecule has 1 amide bonds. The van der Waals surface area contributed by atoms with E-state index in [-0.39, 0.29) is 5.91 Å². The first-order valence-corrected chi connectivity index (χ1v) is 10.5. The molecule has 0 aromatic heterocycles. The Balaban J connectivity index is 1.85. The third-order valence-corrected chi connectivity index (χ3v) is 5.75. The molecule has 3 rings (SSSR count). The predicted molar refractivity (Wildman–Crippen MR) is 121 cm³/mol. The predicted octanol–water partition coefficient (Wildman–Crippen LogP) is 5.41. The largest absolute Gasteiger partial charge is 0.491 e. The van der Waals surface area contributed by atoms with Crippen LogP contribution in [0, 0.1) is 0 Å². The van der Waals surface area contributed by atoms with Crippen LogP contribution < -0.4 is 4.74 Å². The van der Waals surface area contributed by atoms with Crippen molar-refractivity contribution in [2.24, 2.45) is 4.99 Å². The molecule has 9 heteroatoms. The van der Waals surface area contributed by atoms with Gasteiger partial charge in [0.1, 0.15) is 0 Å². The smallest absolute Gasteiger partial charge is 0.337 e. The number of methoxy groups -OCH3 is 1. The van der Waals surface area contributed by atoms with Gasteiger partial charge in [-0.3, -0.25) is 9.69 Å². The number of nitrogens with zero attached hydrogens (tertiary/aromatic N) is 2. The number of halogens is 2. The third-order valence-electron chi connectivity index (χ3n) is 4.12. The van der Waals surface area contributed by atoms with E-state index in [1.807, 2.05) is 6.92 Å². The normalized spacial score (nSPS) is 16.4. The third kappa shape index (κ3) is 4.80. The van der Waals surface area contributed by atoms with Crippen LogP contribution in [0.15, 0.2) is 46.3 Å². The zero-order valence-electron chi connectivity index (χ0n) is 16.4. The van der Waals surface area contributed by atoms with E-state index in [2.05, 4.69) is 9.73 Å². The Labute approximate surface area is 188 Å². The summed E-state index contributed by atoms with van der Waals surface area (Å²) >= 11 is 13.7. The highest BCUT2D eigenvalue weighted by Crippen LogP contribution is 2.37. The van der Waals surface area contributed by atoms with Gasteiger partial charge in [-0.15, -0.1) is 0 Å². The van der Waals surface area contributed by atoms with Crippen LogP contribution in [-0.4, -0.2) is 42.7 Å². The average Bonchev–Trinajstić information content (AvgIpc) is 2.98. The highest BCUT2D eigenvalue weighted by Gasteiger charge is 2.30. The van der Waals surface area contributed by atoms with E-state index in [4.69, 9.17) is 27.9 Å². The molecule has 1 heterocycles. The maximum absolute atomic E-state index is 12.6. The van der Waals surface area contributed by atoms with Crippen molar-refractivity contribution in [3.63, 3.8) is 0 Å². The van der Waals surface area contributed by atoms with Crippen LogP contribution in [0.1, 0.15) is 22.8 Å². The van der Waals surface area contributed by atoms with Crippen molar-refractivity contribution in [2.75, 3.05) is 20.8 Å². The summed E-state index contributed by atoms with van der Waals surface area (Å²) in [5.41, 5.74) is 1.72. The second-order valence-electron chi connectivity index (χ2n) is 6.15. The molecule has 1 saturated heterocycles. The van der Waals surface area contributed by atoms with Gasteiger partial charge in [0, 0.05) is 7.05 Å². The second kappa shape index (κ2) is 9.55. The molecular weight excluding hydrogens is 447 g/mol. The molecule has 0 radical (unpaired) electrons. The van der Waals surface area contributed by atoms with Crippen LogP contribution in [0.5, 0.6) is 5.75 Å². The van der Waals surface area contributed by atoms with Gasteiger partial charge in [0.2, 0.25) is 0 Å². The number of ether oxygens (including phenoxy) is 2. The minimum Gasteiger partial charge on any atom is -0.491 e. The van der Waals surface area contributed by atoms with Gasteiger partial charge in [-0.05, 0) is 66.7 Å². The number of amides is 1. The molecule has 0 atom stereocenters. The molecule has 0 bridgehead atoms. The summed E-state index contributed by atoms with van der Waals surface area (Å²) in [5, 5.41) is 1.26. The number of amidine groups is 1. The van der Waals surface area contributed by atoms with Crippen molar-refractivity contribution in [3.05, 3.63) is 62.5 Å². The Bertz CT molecular complexity index is 1030. The molecule has 1 fully saturated rings. The number of carbonyl (C=O) groups excluding carboxylic acids is 2. The molecule has 0 saturated carbocycles. The van der Waals surface area contributed by atoms with Gasteiger partial charge in [-0.1, -0.05) is 23.2 Å².